The van der Waals surface area contributed by atoms with Crippen LogP contribution in [0.1, 0.15) is 31.7 Å². The molecule has 1 aromatic carbocycles. The van der Waals surface area contributed by atoms with Gasteiger partial charge >= 0.3 is 5.97 Å². The van der Waals surface area contributed by atoms with Crippen molar-refractivity contribution in [1.82, 2.24) is 9.88 Å². The van der Waals surface area contributed by atoms with Crippen LogP contribution >= 0.6 is 11.3 Å². The van der Waals surface area contributed by atoms with Gasteiger partial charge in [-0.05, 0) is 24.0 Å². The number of nitrogens with zero attached hydrogens (tertiary/aromatic N) is 3. The number of carboxylic acids is 1. The minimum Gasteiger partial charge on any atom is -0.481 e. The molecule has 0 radical (unpaired) electrons. The van der Waals surface area contributed by atoms with Crippen LogP contribution in [0.25, 0.3) is 11.3 Å². The number of benzene rings is 1. The van der Waals surface area contributed by atoms with Crippen molar-refractivity contribution in [2.75, 3.05) is 44.2 Å². The lowest BCUT2D eigenvalue weighted by Crippen LogP contribution is -2.47. The van der Waals surface area contributed by atoms with Crippen LogP contribution in [-0.4, -0.2) is 65.4 Å². The van der Waals surface area contributed by atoms with Gasteiger partial charge in [0, 0.05) is 43.7 Å². The number of β-amino-alcohol motifs (C(OH)–C–C–N with tert-alkyl or cyclic N) is 1. The first-order chi connectivity index (χ1) is 13.5. The number of carboxylic acid groups (broad SMARTS) is 1. The second kappa shape index (κ2) is 9.49. The summed E-state index contributed by atoms with van der Waals surface area (Å²) < 4.78 is 0. The van der Waals surface area contributed by atoms with Crippen LogP contribution in [0, 0.1) is 5.92 Å². The highest BCUT2D eigenvalue weighted by atomic mass is 32.1. The summed E-state index contributed by atoms with van der Waals surface area (Å²) in [5.41, 5.74) is 2.70. The van der Waals surface area contributed by atoms with Gasteiger partial charge in [-0.2, -0.15) is 0 Å². The molecular formula is C21H29N3O3S. The molecule has 1 aliphatic rings. The molecule has 3 rings (SSSR count). The summed E-state index contributed by atoms with van der Waals surface area (Å²) in [7, 11) is 0. The van der Waals surface area contributed by atoms with E-state index in [4.69, 9.17) is 10.1 Å². The Balaban J connectivity index is 1.74. The minimum atomic E-state index is -0.773. The Kier molecular flexibility index (Phi) is 7.04. The van der Waals surface area contributed by atoms with Crippen molar-refractivity contribution >= 4 is 22.4 Å². The van der Waals surface area contributed by atoms with Gasteiger partial charge in [-0.3, -0.25) is 9.69 Å². The SMILES string of the molecule is CC(C)CC(C(=O)O)c1cccc(-c2csc(N3CCN(CCO)CC3)n2)c1. The molecule has 1 aliphatic heterocycles. The van der Waals surface area contributed by atoms with E-state index in [1.54, 1.807) is 11.3 Å². The Hall–Kier alpha value is -1.96. The van der Waals surface area contributed by atoms with Crippen LogP contribution in [0.15, 0.2) is 29.6 Å². The Bertz CT molecular complexity index is 785. The maximum atomic E-state index is 11.7. The van der Waals surface area contributed by atoms with E-state index in [0.29, 0.717) is 12.3 Å². The maximum Gasteiger partial charge on any atom is 0.310 e. The van der Waals surface area contributed by atoms with Crippen molar-refractivity contribution in [3.8, 4) is 11.3 Å². The third-order valence-electron chi connectivity index (χ3n) is 5.14. The largest absolute Gasteiger partial charge is 0.481 e. The molecule has 2 N–H and O–H groups in total. The van der Waals surface area contributed by atoms with Gasteiger partial charge in [0.25, 0.3) is 0 Å². The Morgan fingerprint density at radius 3 is 2.64 bits per heavy atom. The van der Waals surface area contributed by atoms with Gasteiger partial charge in [0.05, 0.1) is 18.2 Å². The monoisotopic (exact) mass is 403 g/mol. The van der Waals surface area contributed by atoms with E-state index in [1.807, 2.05) is 43.5 Å². The molecule has 1 aromatic heterocycles. The van der Waals surface area contributed by atoms with Crippen LogP contribution in [0.4, 0.5) is 5.13 Å². The van der Waals surface area contributed by atoms with E-state index in [-0.39, 0.29) is 6.61 Å². The molecule has 152 valence electrons. The van der Waals surface area contributed by atoms with Gasteiger partial charge in [-0.15, -0.1) is 11.3 Å². The van der Waals surface area contributed by atoms with E-state index in [2.05, 4.69) is 9.80 Å². The number of aromatic nitrogens is 1. The molecule has 1 fully saturated rings. The lowest BCUT2D eigenvalue weighted by atomic mass is 9.89. The van der Waals surface area contributed by atoms with Crippen LogP contribution in [-0.2, 0) is 4.79 Å². The Labute approximate surface area is 170 Å². The number of thiazole rings is 1. The van der Waals surface area contributed by atoms with E-state index in [9.17, 15) is 9.90 Å². The fraction of sp³-hybridized carbons (Fsp3) is 0.524. The number of hydrogen-bond acceptors (Lipinski definition) is 6. The average Bonchev–Trinajstić information content (AvgIpc) is 3.17. The quantitative estimate of drug-likeness (QED) is 0.705. The number of aliphatic hydroxyl groups is 1. The number of rotatable bonds is 8. The zero-order chi connectivity index (χ0) is 20.1. The zero-order valence-corrected chi connectivity index (χ0v) is 17.4. The highest BCUT2D eigenvalue weighted by Crippen LogP contribution is 2.31. The molecule has 0 spiro atoms. The van der Waals surface area contributed by atoms with Gasteiger partial charge in [0.15, 0.2) is 5.13 Å². The van der Waals surface area contributed by atoms with Crippen molar-refractivity contribution in [2.45, 2.75) is 26.2 Å². The summed E-state index contributed by atoms with van der Waals surface area (Å²) in [4.78, 5) is 21.1. The fourth-order valence-corrected chi connectivity index (χ4v) is 4.50. The molecular weight excluding hydrogens is 374 g/mol. The molecule has 0 bridgehead atoms. The highest BCUT2D eigenvalue weighted by Gasteiger charge is 2.22. The van der Waals surface area contributed by atoms with E-state index in [0.717, 1.165) is 54.7 Å². The number of piperazine rings is 1. The summed E-state index contributed by atoms with van der Waals surface area (Å²) in [6.45, 7) is 8.70. The predicted molar refractivity (Wildman–Crippen MR) is 113 cm³/mol. The molecule has 28 heavy (non-hydrogen) atoms. The fourth-order valence-electron chi connectivity index (χ4n) is 3.61. The van der Waals surface area contributed by atoms with Crippen molar-refractivity contribution in [1.29, 1.82) is 0 Å². The first-order valence-electron chi connectivity index (χ1n) is 9.84. The molecule has 2 aromatic rings. The van der Waals surface area contributed by atoms with Gasteiger partial charge in [0.1, 0.15) is 0 Å². The Morgan fingerprint density at radius 2 is 2.00 bits per heavy atom. The lowest BCUT2D eigenvalue weighted by Gasteiger charge is -2.34. The van der Waals surface area contributed by atoms with Crippen molar-refractivity contribution in [2.24, 2.45) is 5.92 Å². The van der Waals surface area contributed by atoms with E-state index < -0.39 is 11.9 Å². The standard InChI is InChI=1S/C21H29N3O3S/c1-15(2)12-18(20(26)27)16-4-3-5-17(13-16)19-14-28-21(22-19)24-8-6-23(7-9-24)10-11-25/h3-5,13-15,18,25H,6-12H2,1-2H3,(H,26,27). The molecule has 1 atom stereocenters. The average molecular weight is 404 g/mol. The van der Waals surface area contributed by atoms with Crippen molar-refractivity contribution in [3.05, 3.63) is 35.2 Å². The van der Waals surface area contributed by atoms with Crippen LogP contribution < -0.4 is 4.90 Å². The van der Waals surface area contributed by atoms with Crippen molar-refractivity contribution < 1.29 is 15.0 Å². The molecule has 2 heterocycles. The maximum absolute atomic E-state index is 11.7. The summed E-state index contributed by atoms with van der Waals surface area (Å²) >= 11 is 1.63. The number of hydrogen-bond donors (Lipinski definition) is 2. The molecule has 1 saturated heterocycles. The molecule has 6 nitrogen and oxygen atoms in total. The van der Waals surface area contributed by atoms with E-state index >= 15 is 0 Å². The molecule has 0 saturated carbocycles. The second-order valence-corrected chi connectivity index (χ2v) is 8.55. The van der Waals surface area contributed by atoms with Crippen LogP contribution in [0.2, 0.25) is 0 Å². The Morgan fingerprint density at radius 1 is 1.25 bits per heavy atom. The van der Waals surface area contributed by atoms with E-state index in [1.165, 1.54) is 0 Å². The number of anilines is 1. The number of aliphatic hydroxyl groups excluding tert-OH is 1. The zero-order valence-electron chi connectivity index (χ0n) is 16.5. The molecule has 1 unspecified atom stereocenters. The highest BCUT2D eigenvalue weighted by molar-refractivity contribution is 7.14. The second-order valence-electron chi connectivity index (χ2n) is 7.71. The summed E-state index contributed by atoms with van der Waals surface area (Å²) in [5, 5.41) is 21.8. The van der Waals surface area contributed by atoms with Crippen molar-refractivity contribution in [3.63, 3.8) is 0 Å². The van der Waals surface area contributed by atoms with Gasteiger partial charge in [-0.25, -0.2) is 4.98 Å². The summed E-state index contributed by atoms with van der Waals surface area (Å²) in [6, 6.07) is 7.79. The predicted octanol–water partition coefficient (Wildman–Crippen LogP) is 3.14. The van der Waals surface area contributed by atoms with Gasteiger partial charge in [0.2, 0.25) is 0 Å². The minimum absolute atomic E-state index is 0.200. The third kappa shape index (κ3) is 5.10. The third-order valence-corrected chi connectivity index (χ3v) is 6.04. The first kappa shape index (κ1) is 20.8. The normalized spacial score (nSPS) is 16.5. The molecule has 7 heteroatoms. The van der Waals surface area contributed by atoms with Crippen LogP contribution in [0.3, 0.4) is 0 Å². The lowest BCUT2D eigenvalue weighted by molar-refractivity contribution is -0.139. The topological polar surface area (TPSA) is 76.9 Å². The molecule has 0 amide bonds. The summed E-state index contributed by atoms with van der Waals surface area (Å²) in [6.07, 6.45) is 0.624. The first-order valence-corrected chi connectivity index (χ1v) is 10.7. The van der Waals surface area contributed by atoms with Gasteiger partial charge in [-0.1, -0.05) is 32.0 Å². The molecule has 0 aliphatic carbocycles. The summed E-state index contributed by atoms with van der Waals surface area (Å²) in [5.74, 6) is -0.941. The number of carbonyl (C=O) groups is 1. The smallest absolute Gasteiger partial charge is 0.310 e. The van der Waals surface area contributed by atoms with Gasteiger partial charge < -0.3 is 15.1 Å². The van der Waals surface area contributed by atoms with Crippen LogP contribution in [0.5, 0.6) is 0 Å². The number of aliphatic carboxylic acids is 1.